The molecule has 2 atom stereocenters. The van der Waals surface area contributed by atoms with Crippen LogP contribution in [0.3, 0.4) is 0 Å². The fourth-order valence-corrected chi connectivity index (χ4v) is 2.00. The summed E-state index contributed by atoms with van der Waals surface area (Å²) in [4.78, 5) is 10.6. The lowest BCUT2D eigenvalue weighted by molar-refractivity contribution is -0.124. The van der Waals surface area contributed by atoms with Crippen molar-refractivity contribution in [2.24, 2.45) is 0 Å². The van der Waals surface area contributed by atoms with E-state index < -0.39 is 16.1 Å². The highest BCUT2D eigenvalue weighted by molar-refractivity contribution is 7.92. The highest BCUT2D eigenvalue weighted by Crippen LogP contribution is 2.23. The van der Waals surface area contributed by atoms with Crippen molar-refractivity contribution in [3.05, 3.63) is 0 Å². The molecule has 2 unspecified atom stereocenters. The third kappa shape index (κ3) is 1.15. The molecule has 9 heavy (non-hydrogen) atoms. The van der Waals surface area contributed by atoms with E-state index in [9.17, 15) is 9.35 Å². The molecule has 1 rings (SSSR count). The second-order valence-electron chi connectivity index (χ2n) is 1.78. The van der Waals surface area contributed by atoms with Crippen LogP contribution in [0.2, 0.25) is 0 Å². The Bertz CT molecular complexity index is 143. The summed E-state index contributed by atoms with van der Waals surface area (Å²) in [5.41, 5.74) is 0. The van der Waals surface area contributed by atoms with Crippen LogP contribution in [-0.2, 0) is 16.2 Å². The average molecular weight is 168 g/mol. The summed E-state index contributed by atoms with van der Waals surface area (Å²) in [6, 6.07) is 0. The van der Waals surface area contributed by atoms with Crippen LogP contribution in [0.15, 0.2) is 0 Å². The van der Waals surface area contributed by atoms with Crippen molar-refractivity contribution in [2.75, 3.05) is 7.05 Å². The van der Waals surface area contributed by atoms with Gasteiger partial charge in [0, 0.05) is 0 Å². The molecule has 5 heteroatoms. The molecule has 0 spiro atoms. The molecule has 1 fully saturated rings. The molecule has 0 aromatic rings. The summed E-state index contributed by atoms with van der Waals surface area (Å²) in [7, 11) is 1.49. The SMILES string of the molecule is CN1C(=O)CC(Cl)[S+]1[O-]. The summed E-state index contributed by atoms with van der Waals surface area (Å²) in [5.74, 6) is -0.145. The minimum Gasteiger partial charge on any atom is -0.592 e. The van der Waals surface area contributed by atoms with Crippen molar-refractivity contribution in [3.8, 4) is 0 Å². The molecule has 0 saturated carbocycles. The zero-order valence-electron chi connectivity index (χ0n) is 4.83. The summed E-state index contributed by atoms with van der Waals surface area (Å²) in [6.07, 6.45) is 0.199. The number of halogens is 1. The van der Waals surface area contributed by atoms with Crippen LogP contribution in [0.5, 0.6) is 0 Å². The van der Waals surface area contributed by atoms with Gasteiger partial charge in [0.05, 0.1) is 24.8 Å². The Hall–Kier alpha value is 0.0700. The van der Waals surface area contributed by atoms with Crippen molar-refractivity contribution in [1.82, 2.24) is 4.31 Å². The van der Waals surface area contributed by atoms with Crippen LogP contribution in [0.4, 0.5) is 0 Å². The Morgan fingerprint density at radius 1 is 2.00 bits per heavy atom. The lowest BCUT2D eigenvalue weighted by atomic mass is 10.5. The molecular weight excluding hydrogens is 162 g/mol. The van der Waals surface area contributed by atoms with E-state index in [-0.39, 0.29) is 12.3 Å². The van der Waals surface area contributed by atoms with Crippen LogP contribution in [0, 0.1) is 0 Å². The highest BCUT2D eigenvalue weighted by Gasteiger charge is 2.39. The molecule has 1 aliphatic rings. The molecule has 52 valence electrons. The molecule has 0 radical (unpaired) electrons. The summed E-state index contributed by atoms with van der Waals surface area (Å²) < 4.78 is 11.5. The van der Waals surface area contributed by atoms with Crippen molar-refractivity contribution >= 4 is 28.9 Å². The van der Waals surface area contributed by atoms with Gasteiger partial charge in [0.1, 0.15) is 0 Å². The van der Waals surface area contributed by atoms with Crippen molar-refractivity contribution in [2.45, 2.75) is 11.1 Å². The molecule has 1 heterocycles. The Kier molecular flexibility index (Phi) is 1.88. The average Bonchev–Trinajstić information content (AvgIpc) is 1.98. The zero-order chi connectivity index (χ0) is 7.02. The molecule has 1 saturated heterocycles. The first-order valence-corrected chi connectivity index (χ1v) is 4.05. The van der Waals surface area contributed by atoms with Crippen LogP contribution < -0.4 is 0 Å². The van der Waals surface area contributed by atoms with E-state index in [0.717, 1.165) is 4.31 Å². The predicted molar refractivity (Wildman–Crippen MR) is 35.2 cm³/mol. The molecule has 0 aromatic carbocycles. The van der Waals surface area contributed by atoms with Gasteiger partial charge in [0.25, 0.3) is 5.91 Å². The predicted octanol–water partition coefficient (Wildman–Crippen LogP) is 0.0771. The van der Waals surface area contributed by atoms with Crippen LogP contribution in [-0.4, -0.2) is 26.5 Å². The highest BCUT2D eigenvalue weighted by atomic mass is 35.5. The van der Waals surface area contributed by atoms with Gasteiger partial charge in [-0.05, 0) is 0 Å². The van der Waals surface area contributed by atoms with Gasteiger partial charge in [0.15, 0.2) is 0 Å². The van der Waals surface area contributed by atoms with Gasteiger partial charge in [-0.25, -0.2) is 0 Å². The van der Waals surface area contributed by atoms with Crippen LogP contribution >= 0.6 is 11.6 Å². The van der Waals surface area contributed by atoms with E-state index in [1.54, 1.807) is 0 Å². The van der Waals surface area contributed by atoms with Crippen LogP contribution in [0.1, 0.15) is 6.42 Å². The first kappa shape index (κ1) is 7.18. The molecule has 0 bridgehead atoms. The monoisotopic (exact) mass is 167 g/mol. The number of nitrogens with zero attached hydrogens (tertiary/aromatic N) is 1. The fourth-order valence-electron chi connectivity index (χ4n) is 0.609. The van der Waals surface area contributed by atoms with E-state index in [1.165, 1.54) is 7.05 Å². The smallest absolute Gasteiger partial charge is 0.270 e. The topological polar surface area (TPSA) is 43.4 Å². The second-order valence-corrected chi connectivity index (χ2v) is 4.24. The van der Waals surface area contributed by atoms with E-state index in [2.05, 4.69) is 0 Å². The third-order valence-electron chi connectivity index (χ3n) is 1.18. The summed E-state index contributed by atoms with van der Waals surface area (Å²) >= 11 is 4.20. The van der Waals surface area contributed by atoms with Crippen molar-refractivity contribution in [1.29, 1.82) is 0 Å². The fraction of sp³-hybridized carbons (Fsp3) is 0.750. The second kappa shape index (κ2) is 2.36. The molecule has 1 aliphatic heterocycles. The lowest BCUT2D eigenvalue weighted by Gasteiger charge is -2.11. The molecule has 3 nitrogen and oxygen atoms in total. The minimum absolute atomic E-state index is 0.145. The minimum atomic E-state index is -1.29. The number of amides is 1. The van der Waals surface area contributed by atoms with Gasteiger partial charge in [0.2, 0.25) is 4.71 Å². The lowest BCUT2D eigenvalue weighted by Crippen LogP contribution is -2.25. The third-order valence-corrected chi connectivity index (χ3v) is 3.13. The Morgan fingerprint density at radius 3 is 2.67 bits per heavy atom. The maximum absolute atomic E-state index is 10.8. The molecule has 1 amide bonds. The normalized spacial score (nSPS) is 35.9. The summed E-state index contributed by atoms with van der Waals surface area (Å²) in [5, 5.41) is 0. The maximum Gasteiger partial charge on any atom is 0.270 e. The standard InChI is InChI=1S/C4H6ClNO2S/c1-6-4(7)2-3(5)9(6)8/h3H,2H2,1H3. The van der Waals surface area contributed by atoms with E-state index in [1.807, 2.05) is 0 Å². The largest absolute Gasteiger partial charge is 0.592 e. The number of rotatable bonds is 0. The zero-order valence-corrected chi connectivity index (χ0v) is 6.41. The summed E-state index contributed by atoms with van der Waals surface area (Å²) in [6.45, 7) is 0. The van der Waals surface area contributed by atoms with Gasteiger partial charge in [-0.1, -0.05) is 11.6 Å². The Morgan fingerprint density at radius 2 is 2.56 bits per heavy atom. The van der Waals surface area contributed by atoms with E-state index >= 15 is 0 Å². The molecule has 0 aromatic heterocycles. The van der Waals surface area contributed by atoms with Gasteiger partial charge >= 0.3 is 0 Å². The Labute approximate surface area is 61.3 Å². The van der Waals surface area contributed by atoms with Crippen LogP contribution in [0.25, 0.3) is 0 Å². The van der Waals surface area contributed by atoms with Gasteiger partial charge < -0.3 is 4.55 Å². The number of alkyl halides is 1. The molecule has 0 N–H and O–H groups in total. The number of hydrogen-bond donors (Lipinski definition) is 0. The number of hydrogen-bond acceptors (Lipinski definition) is 2. The number of carbonyl (C=O) groups excluding carboxylic acids is 1. The van der Waals surface area contributed by atoms with Gasteiger partial charge in [-0.3, -0.25) is 4.79 Å². The van der Waals surface area contributed by atoms with Gasteiger partial charge in [-0.2, -0.15) is 4.31 Å². The van der Waals surface area contributed by atoms with Crippen molar-refractivity contribution in [3.63, 3.8) is 0 Å². The van der Waals surface area contributed by atoms with E-state index in [0.29, 0.717) is 0 Å². The van der Waals surface area contributed by atoms with Gasteiger partial charge in [-0.15, -0.1) is 0 Å². The molecular formula is C4H6ClNO2S. The maximum atomic E-state index is 10.8. The number of carbonyl (C=O) groups is 1. The molecule has 0 aliphatic carbocycles. The quantitative estimate of drug-likeness (QED) is 0.379. The first-order valence-electron chi connectivity index (χ1n) is 2.44. The first-order chi connectivity index (χ1) is 4.13. The van der Waals surface area contributed by atoms with Crippen molar-refractivity contribution < 1.29 is 9.35 Å². The Balaban J connectivity index is 2.65. The van der Waals surface area contributed by atoms with E-state index in [4.69, 9.17) is 11.6 Å².